The summed E-state index contributed by atoms with van der Waals surface area (Å²) in [5.74, 6) is 1.15. The molecule has 0 bridgehead atoms. The van der Waals surface area contributed by atoms with Gasteiger partial charge in [-0.1, -0.05) is 13.3 Å². The highest BCUT2D eigenvalue weighted by Gasteiger charge is 2.15. The number of nitrogens with zero attached hydrogens (tertiary/aromatic N) is 2. The Morgan fingerprint density at radius 1 is 1.20 bits per heavy atom. The van der Waals surface area contributed by atoms with Gasteiger partial charge in [0.15, 0.2) is 15.8 Å². The molecule has 1 aliphatic rings. The molecule has 25 heavy (non-hydrogen) atoms. The van der Waals surface area contributed by atoms with Gasteiger partial charge in [-0.2, -0.15) is 0 Å². The highest BCUT2D eigenvalue weighted by molar-refractivity contribution is 14.0. The molecule has 0 atom stereocenters. The van der Waals surface area contributed by atoms with Crippen molar-refractivity contribution in [2.24, 2.45) is 4.99 Å². The van der Waals surface area contributed by atoms with E-state index in [0.29, 0.717) is 25.5 Å². The Morgan fingerprint density at radius 2 is 1.96 bits per heavy atom. The van der Waals surface area contributed by atoms with Crippen LogP contribution in [0, 0.1) is 0 Å². The van der Waals surface area contributed by atoms with Gasteiger partial charge in [0, 0.05) is 44.9 Å². The fourth-order valence-corrected chi connectivity index (χ4v) is 3.24. The van der Waals surface area contributed by atoms with Crippen molar-refractivity contribution < 1.29 is 13.2 Å². The van der Waals surface area contributed by atoms with Crippen molar-refractivity contribution >= 4 is 45.7 Å². The molecule has 1 heterocycles. The van der Waals surface area contributed by atoms with Gasteiger partial charge in [-0.3, -0.25) is 9.79 Å². The second-order valence-corrected chi connectivity index (χ2v) is 8.44. The predicted molar refractivity (Wildman–Crippen MR) is 113 cm³/mol. The smallest absolute Gasteiger partial charge is 0.222 e. The van der Waals surface area contributed by atoms with Crippen molar-refractivity contribution in [3.8, 4) is 0 Å². The topological polar surface area (TPSA) is 90.9 Å². The van der Waals surface area contributed by atoms with Crippen LogP contribution in [0.5, 0.6) is 0 Å². The molecule has 0 aromatic heterocycles. The van der Waals surface area contributed by atoms with E-state index in [0.717, 1.165) is 45.3 Å². The second kappa shape index (κ2) is 13.6. The Labute approximate surface area is 169 Å². The van der Waals surface area contributed by atoms with E-state index in [1.165, 1.54) is 0 Å². The fraction of sp³-hybridized carbons (Fsp3) is 0.875. The van der Waals surface area contributed by atoms with Crippen LogP contribution in [-0.4, -0.2) is 69.4 Å². The zero-order chi connectivity index (χ0) is 17.8. The first-order valence-corrected chi connectivity index (χ1v) is 10.8. The number of guanidine groups is 1. The van der Waals surface area contributed by atoms with E-state index in [9.17, 15) is 13.2 Å². The first kappa shape index (κ1) is 24.4. The van der Waals surface area contributed by atoms with E-state index in [2.05, 4.69) is 15.6 Å². The number of sulfone groups is 1. The van der Waals surface area contributed by atoms with E-state index in [1.54, 1.807) is 6.92 Å². The third kappa shape index (κ3) is 10.9. The summed E-state index contributed by atoms with van der Waals surface area (Å²) in [6.07, 6.45) is 4.71. The van der Waals surface area contributed by atoms with Crippen LogP contribution in [0.4, 0.5) is 0 Å². The number of amides is 1. The Balaban J connectivity index is 0.00000576. The zero-order valence-electron chi connectivity index (χ0n) is 15.4. The summed E-state index contributed by atoms with van der Waals surface area (Å²) in [6, 6.07) is 0. The van der Waals surface area contributed by atoms with Gasteiger partial charge < -0.3 is 15.5 Å². The second-order valence-electron chi connectivity index (χ2n) is 5.97. The minimum absolute atomic E-state index is 0. The van der Waals surface area contributed by atoms with Gasteiger partial charge in [0.1, 0.15) is 0 Å². The maximum atomic E-state index is 11.9. The number of hydrogen-bond donors (Lipinski definition) is 2. The predicted octanol–water partition coefficient (Wildman–Crippen LogP) is 1.39. The number of aliphatic imine (C=N–C) groups is 1. The van der Waals surface area contributed by atoms with E-state index < -0.39 is 9.84 Å². The first-order chi connectivity index (χ1) is 11.5. The van der Waals surface area contributed by atoms with Gasteiger partial charge in [0.05, 0.1) is 5.75 Å². The molecule has 0 unspecified atom stereocenters. The molecule has 0 aromatic carbocycles. The van der Waals surface area contributed by atoms with Crippen LogP contribution in [0.25, 0.3) is 0 Å². The normalized spacial score (nSPS) is 16.2. The third-order valence-electron chi connectivity index (χ3n) is 4.02. The van der Waals surface area contributed by atoms with E-state index in [4.69, 9.17) is 0 Å². The Hall–Kier alpha value is -0.580. The van der Waals surface area contributed by atoms with Gasteiger partial charge in [0.2, 0.25) is 5.91 Å². The van der Waals surface area contributed by atoms with Crippen LogP contribution in [0.1, 0.15) is 46.0 Å². The number of hydrogen-bond acceptors (Lipinski definition) is 4. The lowest BCUT2D eigenvalue weighted by molar-refractivity contribution is -0.130. The number of nitrogens with one attached hydrogen (secondary N) is 2. The monoisotopic (exact) mass is 488 g/mol. The summed E-state index contributed by atoms with van der Waals surface area (Å²) in [4.78, 5) is 18.3. The SMILES string of the molecule is CCNC(=NCCCN1CCCCCC1=O)NCCS(=O)(=O)CC.I. The lowest BCUT2D eigenvalue weighted by atomic mass is 10.2. The van der Waals surface area contributed by atoms with E-state index in [1.807, 2.05) is 11.8 Å². The fourth-order valence-electron chi connectivity index (χ4n) is 2.54. The molecule has 2 N–H and O–H groups in total. The van der Waals surface area contributed by atoms with Gasteiger partial charge in [0.25, 0.3) is 0 Å². The number of likely N-dealkylation sites (tertiary alicyclic amines) is 1. The molecule has 0 radical (unpaired) electrons. The molecule has 1 amide bonds. The van der Waals surface area contributed by atoms with Crippen LogP contribution in [0.3, 0.4) is 0 Å². The minimum atomic E-state index is -2.97. The highest BCUT2D eigenvalue weighted by Crippen LogP contribution is 2.11. The van der Waals surface area contributed by atoms with Gasteiger partial charge >= 0.3 is 0 Å². The molecular weight excluding hydrogens is 455 g/mol. The van der Waals surface area contributed by atoms with Crippen molar-refractivity contribution in [2.45, 2.75) is 46.0 Å². The van der Waals surface area contributed by atoms with Crippen LogP contribution >= 0.6 is 24.0 Å². The van der Waals surface area contributed by atoms with Crippen molar-refractivity contribution in [3.63, 3.8) is 0 Å². The Bertz CT molecular complexity index is 512. The number of carbonyl (C=O) groups is 1. The average Bonchev–Trinajstić information content (AvgIpc) is 2.76. The van der Waals surface area contributed by atoms with Crippen LogP contribution in [0.15, 0.2) is 4.99 Å². The van der Waals surface area contributed by atoms with Crippen molar-refractivity contribution in [2.75, 3.05) is 44.2 Å². The molecule has 0 aromatic rings. The summed E-state index contributed by atoms with van der Waals surface area (Å²) in [7, 11) is -2.97. The van der Waals surface area contributed by atoms with E-state index >= 15 is 0 Å². The molecule has 1 fully saturated rings. The zero-order valence-corrected chi connectivity index (χ0v) is 18.6. The first-order valence-electron chi connectivity index (χ1n) is 8.99. The van der Waals surface area contributed by atoms with Crippen molar-refractivity contribution in [3.05, 3.63) is 0 Å². The summed E-state index contributed by atoms with van der Waals surface area (Å²) in [5, 5.41) is 6.16. The molecule has 9 heteroatoms. The average molecular weight is 488 g/mol. The van der Waals surface area contributed by atoms with Crippen molar-refractivity contribution in [1.82, 2.24) is 15.5 Å². The number of carbonyl (C=O) groups excluding carboxylic acids is 1. The molecule has 7 nitrogen and oxygen atoms in total. The molecule has 0 spiro atoms. The Morgan fingerprint density at radius 3 is 2.64 bits per heavy atom. The molecule has 1 aliphatic heterocycles. The van der Waals surface area contributed by atoms with E-state index in [-0.39, 0.29) is 41.4 Å². The Kier molecular flexibility index (Phi) is 13.3. The number of rotatable bonds is 9. The maximum absolute atomic E-state index is 11.9. The summed E-state index contributed by atoms with van der Waals surface area (Å²) < 4.78 is 23.0. The quantitative estimate of drug-likeness (QED) is 0.222. The minimum Gasteiger partial charge on any atom is -0.357 e. The molecule has 0 saturated carbocycles. The maximum Gasteiger partial charge on any atom is 0.222 e. The summed E-state index contributed by atoms with van der Waals surface area (Å²) >= 11 is 0. The largest absolute Gasteiger partial charge is 0.357 e. The third-order valence-corrected chi connectivity index (χ3v) is 5.72. The van der Waals surface area contributed by atoms with Crippen LogP contribution in [0.2, 0.25) is 0 Å². The molecular formula is C16H33IN4O3S. The summed E-state index contributed by atoms with van der Waals surface area (Å²) in [5.41, 5.74) is 0. The van der Waals surface area contributed by atoms with Gasteiger partial charge in [-0.15, -0.1) is 24.0 Å². The van der Waals surface area contributed by atoms with Gasteiger partial charge in [-0.05, 0) is 26.2 Å². The lowest BCUT2D eigenvalue weighted by Crippen LogP contribution is -2.40. The molecule has 148 valence electrons. The lowest BCUT2D eigenvalue weighted by Gasteiger charge is -2.20. The standard InChI is InChI=1S/C16H32N4O3S.HI/c1-3-17-16(19-11-14-24(22,23)4-2)18-10-8-13-20-12-7-5-6-9-15(20)21;/h3-14H2,1-2H3,(H2,17,18,19);1H. The van der Waals surface area contributed by atoms with Crippen LogP contribution in [-0.2, 0) is 14.6 Å². The molecule has 1 saturated heterocycles. The highest BCUT2D eigenvalue weighted by atomic mass is 127. The number of halogens is 1. The van der Waals surface area contributed by atoms with Crippen LogP contribution < -0.4 is 10.6 Å². The summed E-state index contributed by atoms with van der Waals surface area (Å²) in [6.45, 7) is 6.90. The molecule has 0 aliphatic carbocycles. The molecule has 1 rings (SSSR count). The van der Waals surface area contributed by atoms with Crippen molar-refractivity contribution in [1.29, 1.82) is 0 Å². The van der Waals surface area contributed by atoms with Gasteiger partial charge in [-0.25, -0.2) is 8.42 Å².